The van der Waals surface area contributed by atoms with E-state index in [-0.39, 0.29) is 17.7 Å². The van der Waals surface area contributed by atoms with Gasteiger partial charge in [-0.25, -0.2) is 4.79 Å². The summed E-state index contributed by atoms with van der Waals surface area (Å²) in [7, 11) is 0. The Bertz CT molecular complexity index is 475. The molecule has 0 aromatic heterocycles. The number of hydrogen-bond donors (Lipinski definition) is 0. The van der Waals surface area contributed by atoms with Gasteiger partial charge in [-0.3, -0.25) is 4.79 Å². The molecule has 0 bridgehead atoms. The van der Waals surface area contributed by atoms with Gasteiger partial charge in [0.2, 0.25) is 0 Å². The van der Waals surface area contributed by atoms with Crippen LogP contribution in [-0.2, 0) is 0 Å². The van der Waals surface area contributed by atoms with Crippen molar-refractivity contribution in [2.45, 2.75) is 26.7 Å². The first-order valence-corrected chi connectivity index (χ1v) is 7.80. The van der Waals surface area contributed by atoms with Crippen molar-refractivity contribution in [2.24, 2.45) is 5.92 Å². The third-order valence-electron chi connectivity index (χ3n) is 4.23. The first-order valence-electron chi connectivity index (χ1n) is 7.80. The van der Waals surface area contributed by atoms with E-state index in [1.807, 2.05) is 54.0 Å². The average molecular weight is 288 g/mol. The molecule has 1 heterocycles. The average Bonchev–Trinajstić information content (AvgIpc) is 2.56. The maximum absolute atomic E-state index is 12.4. The van der Waals surface area contributed by atoms with Gasteiger partial charge in [0, 0.05) is 37.7 Å². The second-order valence-electron chi connectivity index (χ2n) is 5.45. The van der Waals surface area contributed by atoms with Crippen LogP contribution in [0.4, 0.5) is 4.79 Å². The molecule has 21 heavy (non-hydrogen) atoms. The van der Waals surface area contributed by atoms with E-state index in [1.165, 1.54) is 0 Å². The molecule has 2 amide bonds. The highest BCUT2D eigenvalue weighted by atomic mass is 16.2. The van der Waals surface area contributed by atoms with Crippen molar-refractivity contribution >= 4 is 11.8 Å². The quantitative estimate of drug-likeness (QED) is 0.799. The lowest BCUT2D eigenvalue weighted by Gasteiger charge is -2.34. The van der Waals surface area contributed by atoms with Crippen LogP contribution in [0.25, 0.3) is 0 Å². The van der Waals surface area contributed by atoms with Gasteiger partial charge in [0.15, 0.2) is 5.78 Å². The van der Waals surface area contributed by atoms with Gasteiger partial charge in [-0.1, -0.05) is 30.3 Å². The molecular weight excluding hydrogens is 264 g/mol. The fraction of sp³-hybridized carbons (Fsp3) is 0.529. The molecule has 4 nitrogen and oxygen atoms in total. The fourth-order valence-corrected chi connectivity index (χ4v) is 2.87. The second-order valence-corrected chi connectivity index (χ2v) is 5.45. The van der Waals surface area contributed by atoms with E-state index in [4.69, 9.17) is 0 Å². The van der Waals surface area contributed by atoms with Crippen LogP contribution >= 0.6 is 0 Å². The Kier molecular flexibility index (Phi) is 5.37. The van der Waals surface area contributed by atoms with Gasteiger partial charge >= 0.3 is 6.03 Å². The van der Waals surface area contributed by atoms with Crippen molar-refractivity contribution in [3.63, 3.8) is 0 Å². The molecule has 0 radical (unpaired) electrons. The van der Waals surface area contributed by atoms with Crippen LogP contribution in [0.3, 0.4) is 0 Å². The van der Waals surface area contributed by atoms with E-state index < -0.39 is 0 Å². The summed E-state index contributed by atoms with van der Waals surface area (Å²) in [4.78, 5) is 28.4. The van der Waals surface area contributed by atoms with Gasteiger partial charge in [0.05, 0.1) is 0 Å². The smallest absolute Gasteiger partial charge is 0.319 e. The first kappa shape index (κ1) is 15.5. The maximum Gasteiger partial charge on any atom is 0.319 e. The lowest BCUT2D eigenvalue weighted by atomic mass is 9.89. The molecular formula is C17H24N2O2. The summed E-state index contributed by atoms with van der Waals surface area (Å²) < 4.78 is 0. The summed E-state index contributed by atoms with van der Waals surface area (Å²) in [6.07, 6.45) is 1.53. The maximum atomic E-state index is 12.4. The zero-order chi connectivity index (χ0) is 15.2. The van der Waals surface area contributed by atoms with Crippen LogP contribution in [0.1, 0.15) is 37.0 Å². The zero-order valence-corrected chi connectivity index (χ0v) is 12.9. The predicted octanol–water partition coefficient (Wildman–Crippen LogP) is 3.04. The Morgan fingerprint density at radius 3 is 2.19 bits per heavy atom. The highest BCUT2D eigenvalue weighted by molar-refractivity contribution is 5.97. The summed E-state index contributed by atoms with van der Waals surface area (Å²) in [5.74, 6) is 0.263. The van der Waals surface area contributed by atoms with Crippen molar-refractivity contribution in [3.05, 3.63) is 35.9 Å². The topological polar surface area (TPSA) is 40.6 Å². The summed E-state index contributed by atoms with van der Waals surface area (Å²) in [6, 6.07) is 9.55. The molecule has 0 spiro atoms. The Morgan fingerprint density at radius 2 is 1.67 bits per heavy atom. The number of benzene rings is 1. The molecule has 0 N–H and O–H groups in total. The number of ketones is 1. The molecule has 1 aromatic carbocycles. The van der Waals surface area contributed by atoms with Crippen LogP contribution in [-0.4, -0.2) is 47.8 Å². The minimum atomic E-state index is 0.0492. The lowest BCUT2D eigenvalue weighted by Crippen LogP contribution is -2.47. The molecule has 0 unspecified atom stereocenters. The SMILES string of the molecule is CCN(CC)C(=O)N1CCC(C(=O)c2ccccc2)CC1. The zero-order valence-electron chi connectivity index (χ0n) is 12.9. The number of urea groups is 1. The van der Waals surface area contributed by atoms with Crippen molar-refractivity contribution < 1.29 is 9.59 Å². The molecule has 1 aliphatic rings. The van der Waals surface area contributed by atoms with Gasteiger partial charge < -0.3 is 9.80 Å². The van der Waals surface area contributed by atoms with E-state index in [2.05, 4.69) is 0 Å². The molecule has 1 aliphatic heterocycles. The molecule has 1 aromatic rings. The summed E-state index contributed by atoms with van der Waals surface area (Å²) in [5.41, 5.74) is 0.783. The van der Waals surface area contributed by atoms with E-state index in [0.29, 0.717) is 13.1 Å². The summed E-state index contributed by atoms with van der Waals surface area (Å²) in [6.45, 7) is 6.81. The highest BCUT2D eigenvalue weighted by Crippen LogP contribution is 2.22. The summed E-state index contributed by atoms with van der Waals surface area (Å²) >= 11 is 0. The molecule has 114 valence electrons. The number of carbonyl (C=O) groups is 2. The summed E-state index contributed by atoms with van der Waals surface area (Å²) in [5, 5.41) is 0. The number of nitrogens with zero attached hydrogens (tertiary/aromatic N) is 2. The van der Waals surface area contributed by atoms with Crippen LogP contribution < -0.4 is 0 Å². The Balaban J connectivity index is 1.91. The number of amides is 2. The van der Waals surface area contributed by atoms with E-state index >= 15 is 0 Å². The van der Waals surface area contributed by atoms with Gasteiger partial charge in [-0.05, 0) is 26.7 Å². The molecule has 0 aliphatic carbocycles. The standard InChI is InChI=1S/C17H24N2O2/c1-3-18(4-2)17(21)19-12-10-15(11-13-19)16(20)14-8-6-5-7-9-14/h5-9,15H,3-4,10-13H2,1-2H3. The largest absolute Gasteiger partial charge is 0.325 e. The van der Waals surface area contributed by atoms with Crippen molar-refractivity contribution in [3.8, 4) is 0 Å². The minimum absolute atomic E-state index is 0.0492. The van der Waals surface area contributed by atoms with Gasteiger partial charge in [-0.15, -0.1) is 0 Å². The third-order valence-corrected chi connectivity index (χ3v) is 4.23. The molecule has 4 heteroatoms. The van der Waals surface area contributed by atoms with E-state index in [1.54, 1.807) is 0 Å². The van der Waals surface area contributed by atoms with Gasteiger partial charge in [0.25, 0.3) is 0 Å². The number of hydrogen-bond acceptors (Lipinski definition) is 2. The number of carbonyl (C=O) groups excluding carboxylic acids is 2. The van der Waals surface area contributed by atoms with Gasteiger partial charge in [-0.2, -0.15) is 0 Å². The first-order chi connectivity index (χ1) is 10.2. The van der Waals surface area contributed by atoms with E-state index in [9.17, 15) is 9.59 Å². The number of rotatable bonds is 4. The monoisotopic (exact) mass is 288 g/mol. The Labute approximate surface area is 126 Å². The van der Waals surface area contributed by atoms with Gasteiger partial charge in [0.1, 0.15) is 0 Å². The van der Waals surface area contributed by atoms with Crippen LogP contribution in [0.5, 0.6) is 0 Å². The van der Waals surface area contributed by atoms with Crippen LogP contribution in [0.15, 0.2) is 30.3 Å². The Morgan fingerprint density at radius 1 is 1.10 bits per heavy atom. The number of Topliss-reactive ketones (excluding diaryl/α,β-unsaturated/α-hetero) is 1. The third kappa shape index (κ3) is 3.63. The van der Waals surface area contributed by atoms with E-state index in [0.717, 1.165) is 31.5 Å². The molecule has 1 fully saturated rings. The molecule has 0 saturated carbocycles. The second kappa shape index (κ2) is 7.25. The van der Waals surface area contributed by atoms with Crippen LogP contribution in [0, 0.1) is 5.92 Å². The number of likely N-dealkylation sites (tertiary alicyclic amines) is 1. The normalized spacial score (nSPS) is 15.8. The molecule has 1 saturated heterocycles. The van der Waals surface area contributed by atoms with Crippen molar-refractivity contribution in [2.75, 3.05) is 26.2 Å². The highest BCUT2D eigenvalue weighted by Gasteiger charge is 2.29. The fourth-order valence-electron chi connectivity index (χ4n) is 2.87. The predicted molar refractivity (Wildman–Crippen MR) is 83.4 cm³/mol. The Hall–Kier alpha value is -1.84. The molecule has 0 atom stereocenters. The molecule has 2 rings (SSSR count). The minimum Gasteiger partial charge on any atom is -0.325 e. The lowest BCUT2D eigenvalue weighted by molar-refractivity contribution is 0.0836. The van der Waals surface area contributed by atoms with Crippen molar-refractivity contribution in [1.29, 1.82) is 0 Å². The number of piperidine rings is 1. The van der Waals surface area contributed by atoms with Crippen molar-refractivity contribution in [1.82, 2.24) is 9.80 Å². The van der Waals surface area contributed by atoms with Crippen LogP contribution in [0.2, 0.25) is 0 Å².